The molecular weight excluding hydrogens is 399 g/mol. The number of rotatable bonds is 4. The minimum atomic E-state index is -0.175. The quantitative estimate of drug-likeness (QED) is 0.514. The number of aromatic hydroxyl groups is 1. The van der Waals surface area contributed by atoms with Crippen LogP contribution in [-0.2, 0) is 0 Å². The maximum atomic E-state index is 10.5. The van der Waals surface area contributed by atoms with Gasteiger partial charge in [0, 0.05) is 5.02 Å². The minimum Gasteiger partial charge on any atom is -0.494 e. The molecule has 3 rings (SSSR count). The summed E-state index contributed by atoms with van der Waals surface area (Å²) in [5.74, 6) is 0.331. The molecule has 1 heterocycles. The zero-order valence-corrected chi connectivity index (χ0v) is 16.0. The lowest BCUT2D eigenvalue weighted by Crippen LogP contribution is -1.95. The highest BCUT2D eigenvalue weighted by Gasteiger charge is 2.16. The second-order valence-corrected chi connectivity index (χ2v) is 6.53. The highest BCUT2D eigenvalue weighted by atomic mass is 35.5. The Labute approximate surface area is 164 Å². The fourth-order valence-corrected chi connectivity index (χ4v) is 2.72. The maximum Gasteiger partial charge on any atom is 0.243 e. The van der Waals surface area contributed by atoms with Crippen molar-refractivity contribution >= 4 is 46.2 Å². The summed E-state index contributed by atoms with van der Waals surface area (Å²) in [6, 6.07) is 9.87. The number of nitrogens with zero attached hydrogens (tertiary/aromatic N) is 4. The molecule has 9 heteroatoms. The summed E-state index contributed by atoms with van der Waals surface area (Å²) in [4.78, 5) is 0. The molecule has 0 fully saturated rings. The van der Waals surface area contributed by atoms with Crippen LogP contribution >= 0.6 is 34.8 Å². The van der Waals surface area contributed by atoms with Crippen molar-refractivity contribution in [1.82, 2.24) is 9.78 Å². The van der Waals surface area contributed by atoms with E-state index < -0.39 is 0 Å². The molecule has 0 radical (unpaired) electrons. The molecule has 1 N–H and O–H groups in total. The number of azo groups is 1. The Bertz CT molecular complexity index is 1000. The van der Waals surface area contributed by atoms with Crippen LogP contribution < -0.4 is 4.74 Å². The van der Waals surface area contributed by atoms with E-state index >= 15 is 0 Å². The number of ether oxygens (including phenoxy) is 1. The van der Waals surface area contributed by atoms with Crippen molar-refractivity contribution in [1.29, 1.82) is 0 Å². The van der Waals surface area contributed by atoms with Gasteiger partial charge in [0.1, 0.15) is 11.4 Å². The summed E-state index contributed by atoms with van der Waals surface area (Å²) in [5, 5.41) is 24.3. The van der Waals surface area contributed by atoms with E-state index in [0.29, 0.717) is 37.9 Å². The summed E-state index contributed by atoms with van der Waals surface area (Å²) < 4.78 is 6.53. The molecule has 3 aromatic rings. The van der Waals surface area contributed by atoms with E-state index in [0.717, 1.165) is 0 Å². The van der Waals surface area contributed by atoms with Gasteiger partial charge in [-0.3, -0.25) is 0 Å². The molecular formula is C17H13Cl3N4O2. The van der Waals surface area contributed by atoms with Gasteiger partial charge in [0.25, 0.3) is 0 Å². The first-order valence-electron chi connectivity index (χ1n) is 7.40. The standard InChI is InChI=1S/C17H13Cl3N4O2/c1-9-16(22-21-14-7-10(18)3-6-15(14)26-2)17(25)24(23-9)11-4-5-12(19)13(20)8-11/h3-8,25H,1-2H3. The number of benzene rings is 2. The van der Waals surface area contributed by atoms with Crippen molar-refractivity contribution in [2.75, 3.05) is 7.11 Å². The molecule has 0 aliphatic carbocycles. The summed E-state index contributed by atoms with van der Waals surface area (Å²) in [6.07, 6.45) is 0. The van der Waals surface area contributed by atoms with Gasteiger partial charge < -0.3 is 9.84 Å². The predicted octanol–water partition coefficient (Wildman–Crippen LogP) is 6.27. The molecule has 0 aliphatic rings. The maximum absolute atomic E-state index is 10.5. The Hall–Kier alpha value is -2.28. The van der Waals surface area contributed by atoms with E-state index in [9.17, 15) is 5.11 Å². The summed E-state index contributed by atoms with van der Waals surface area (Å²) in [5.41, 5.74) is 1.68. The first kappa shape index (κ1) is 18.5. The second-order valence-electron chi connectivity index (χ2n) is 5.28. The van der Waals surface area contributed by atoms with Gasteiger partial charge in [0.2, 0.25) is 5.88 Å². The van der Waals surface area contributed by atoms with Gasteiger partial charge in [-0.1, -0.05) is 34.8 Å². The third kappa shape index (κ3) is 3.62. The summed E-state index contributed by atoms with van der Waals surface area (Å²) >= 11 is 17.9. The van der Waals surface area contributed by atoms with E-state index in [1.54, 1.807) is 43.3 Å². The van der Waals surface area contributed by atoms with E-state index in [1.165, 1.54) is 11.8 Å². The fourth-order valence-electron chi connectivity index (χ4n) is 2.27. The van der Waals surface area contributed by atoms with Gasteiger partial charge in [0.15, 0.2) is 5.69 Å². The largest absolute Gasteiger partial charge is 0.494 e. The van der Waals surface area contributed by atoms with Crippen molar-refractivity contribution in [2.45, 2.75) is 6.92 Å². The van der Waals surface area contributed by atoms with E-state index in [2.05, 4.69) is 15.3 Å². The first-order chi connectivity index (χ1) is 12.4. The highest BCUT2D eigenvalue weighted by Crippen LogP contribution is 2.37. The minimum absolute atomic E-state index is 0.175. The lowest BCUT2D eigenvalue weighted by Gasteiger charge is -2.04. The van der Waals surface area contributed by atoms with E-state index in [4.69, 9.17) is 39.5 Å². The zero-order chi connectivity index (χ0) is 18.8. The number of aryl methyl sites for hydroxylation is 1. The Morgan fingerprint density at radius 1 is 1.04 bits per heavy atom. The predicted molar refractivity (Wildman–Crippen MR) is 102 cm³/mol. The molecule has 0 saturated carbocycles. The molecule has 1 aromatic heterocycles. The number of hydrogen-bond donors (Lipinski definition) is 1. The van der Waals surface area contributed by atoms with Gasteiger partial charge in [-0.15, -0.1) is 10.2 Å². The molecule has 0 bridgehead atoms. The van der Waals surface area contributed by atoms with Crippen LogP contribution in [-0.4, -0.2) is 22.0 Å². The molecule has 0 aliphatic heterocycles. The Kier molecular flexibility index (Phi) is 5.36. The lowest BCUT2D eigenvalue weighted by molar-refractivity contribution is 0.415. The summed E-state index contributed by atoms with van der Waals surface area (Å²) in [6.45, 7) is 1.71. The molecule has 0 unspecified atom stereocenters. The van der Waals surface area contributed by atoms with Crippen molar-refractivity contribution in [2.24, 2.45) is 10.2 Å². The molecule has 0 saturated heterocycles. The monoisotopic (exact) mass is 410 g/mol. The Balaban J connectivity index is 2.01. The van der Waals surface area contributed by atoms with Gasteiger partial charge in [-0.25, -0.2) is 0 Å². The van der Waals surface area contributed by atoms with Crippen LogP contribution in [0.2, 0.25) is 15.1 Å². The Morgan fingerprint density at radius 3 is 2.50 bits per heavy atom. The lowest BCUT2D eigenvalue weighted by atomic mass is 10.3. The van der Waals surface area contributed by atoms with Crippen molar-refractivity contribution in [3.05, 3.63) is 57.2 Å². The van der Waals surface area contributed by atoms with Gasteiger partial charge in [-0.05, 0) is 43.3 Å². The normalized spacial score (nSPS) is 11.3. The van der Waals surface area contributed by atoms with E-state index in [-0.39, 0.29) is 11.6 Å². The average molecular weight is 412 g/mol. The topological polar surface area (TPSA) is 72.0 Å². The molecule has 26 heavy (non-hydrogen) atoms. The van der Waals surface area contributed by atoms with Crippen LogP contribution in [0, 0.1) is 6.92 Å². The SMILES string of the molecule is COc1ccc(Cl)cc1N=Nc1c(C)nn(-c2ccc(Cl)c(Cl)c2)c1O. The molecule has 134 valence electrons. The van der Waals surface area contributed by atoms with Crippen LogP contribution in [0.15, 0.2) is 46.6 Å². The molecule has 2 aromatic carbocycles. The number of hydrogen-bond acceptors (Lipinski definition) is 5. The number of methoxy groups -OCH3 is 1. The molecule has 0 atom stereocenters. The molecule has 0 amide bonds. The van der Waals surface area contributed by atoms with Gasteiger partial charge in [0.05, 0.1) is 28.5 Å². The highest BCUT2D eigenvalue weighted by molar-refractivity contribution is 6.42. The van der Waals surface area contributed by atoms with Gasteiger partial charge >= 0.3 is 0 Å². The average Bonchev–Trinajstić information content (AvgIpc) is 2.90. The molecule has 0 spiro atoms. The first-order valence-corrected chi connectivity index (χ1v) is 8.53. The zero-order valence-electron chi connectivity index (χ0n) is 13.7. The smallest absolute Gasteiger partial charge is 0.243 e. The van der Waals surface area contributed by atoms with Crippen LogP contribution in [0.5, 0.6) is 11.6 Å². The van der Waals surface area contributed by atoms with Crippen LogP contribution in [0.1, 0.15) is 5.69 Å². The summed E-state index contributed by atoms with van der Waals surface area (Å²) in [7, 11) is 1.52. The second kappa shape index (κ2) is 7.53. The third-order valence-corrected chi connectivity index (χ3v) is 4.53. The third-order valence-electron chi connectivity index (χ3n) is 3.55. The van der Waals surface area contributed by atoms with Crippen LogP contribution in [0.4, 0.5) is 11.4 Å². The van der Waals surface area contributed by atoms with Crippen molar-refractivity contribution < 1.29 is 9.84 Å². The Morgan fingerprint density at radius 2 is 1.81 bits per heavy atom. The fraction of sp³-hybridized carbons (Fsp3) is 0.118. The molecule has 6 nitrogen and oxygen atoms in total. The number of aromatic nitrogens is 2. The number of halogens is 3. The van der Waals surface area contributed by atoms with Crippen LogP contribution in [0.25, 0.3) is 5.69 Å². The van der Waals surface area contributed by atoms with E-state index in [1.807, 2.05) is 0 Å². The van der Waals surface area contributed by atoms with Crippen LogP contribution in [0.3, 0.4) is 0 Å². The van der Waals surface area contributed by atoms with Crippen molar-refractivity contribution in [3.63, 3.8) is 0 Å². The van der Waals surface area contributed by atoms with Gasteiger partial charge in [-0.2, -0.15) is 9.78 Å². The van der Waals surface area contributed by atoms with Crippen molar-refractivity contribution in [3.8, 4) is 17.3 Å².